The van der Waals surface area contributed by atoms with Crippen molar-refractivity contribution in [3.63, 3.8) is 0 Å². The lowest BCUT2D eigenvalue weighted by Crippen LogP contribution is -2.31. The van der Waals surface area contributed by atoms with E-state index < -0.39 is 6.10 Å². The second-order valence-corrected chi connectivity index (χ2v) is 4.19. The Morgan fingerprint density at radius 1 is 1.06 bits per heavy atom. The Hall–Kier alpha value is -0.160. The highest BCUT2D eigenvalue weighted by molar-refractivity contribution is 4.58. The zero-order valence-electron chi connectivity index (χ0n) is 11.4. The molecule has 0 aliphatic rings. The largest absolute Gasteiger partial charge is 0.389 e. The minimum atomic E-state index is -0.414. The lowest BCUT2D eigenvalue weighted by Gasteiger charge is -2.12. The number of hydrogen-bond acceptors (Lipinski definition) is 4. The van der Waals surface area contributed by atoms with E-state index in [1.165, 1.54) is 25.7 Å². The van der Waals surface area contributed by atoms with E-state index in [1.54, 1.807) is 0 Å². The molecular formula is C13H29NO3. The Balaban J connectivity index is 3.09. The van der Waals surface area contributed by atoms with Crippen molar-refractivity contribution in [1.29, 1.82) is 0 Å². The first kappa shape index (κ1) is 16.8. The quantitative estimate of drug-likeness (QED) is 0.485. The van der Waals surface area contributed by atoms with Gasteiger partial charge in [0.15, 0.2) is 0 Å². The van der Waals surface area contributed by atoms with Gasteiger partial charge in [-0.05, 0) is 19.9 Å². The summed E-state index contributed by atoms with van der Waals surface area (Å²) in [4.78, 5) is 0. The summed E-state index contributed by atoms with van der Waals surface area (Å²) in [6, 6.07) is 0. The van der Waals surface area contributed by atoms with Crippen molar-refractivity contribution in [1.82, 2.24) is 5.32 Å². The molecule has 0 rings (SSSR count). The van der Waals surface area contributed by atoms with Crippen LogP contribution in [-0.4, -0.2) is 50.7 Å². The average molecular weight is 247 g/mol. The third-order valence-electron chi connectivity index (χ3n) is 2.47. The molecule has 0 saturated carbocycles. The Morgan fingerprint density at radius 2 is 1.82 bits per heavy atom. The maximum absolute atomic E-state index is 9.58. The first-order chi connectivity index (χ1) is 8.31. The number of nitrogens with one attached hydrogen (secondary N) is 1. The second-order valence-electron chi connectivity index (χ2n) is 4.19. The molecule has 104 valence electrons. The lowest BCUT2D eigenvalue weighted by molar-refractivity contribution is 0.00655. The first-order valence-electron chi connectivity index (χ1n) is 6.85. The lowest BCUT2D eigenvalue weighted by atomic mass is 10.2. The standard InChI is InChI=1S/C13H29NO3/c1-3-5-6-7-8-14-11-13(15)12-17-10-9-16-4-2/h13-15H,3-12H2,1-2H3. The van der Waals surface area contributed by atoms with E-state index in [2.05, 4.69) is 12.2 Å². The van der Waals surface area contributed by atoms with Crippen LogP contribution < -0.4 is 5.32 Å². The van der Waals surface area contributed by atoms with Crippen LogP contribution >= 0.6 is 0 Å². The van der Waals surface area contributed by atoms with E-state index in [1.807, 2.05) is 6.92 Å². The predicted octanol–water partition coefficient (Wildman–Crippen LogP) is 1.57. The summed E-state index contributed by atoms with van der Waals surface area (Å²) in [5, 5.41) is 12.8. The van der Waals surface area contributed by atoms with Gasteiger partial charge in [-0.15, -0.1) is 0 Å². The third-order valence-corrected chi connectivity index (χ3v) is 2.47. The fourth-order valence-corrected chi connectivity index (χ4v) is 1.49. The molecule has 0 heterocycles. The number of hydrogen-bond donors (Lipinski definition) is 2. The normalized spacial score (nSPS) is 12.9. The van der Waals surface area contributed by atoms with Crippen LogP contribution in [0.25, 0.3) is 0 Å². The van der Waals surface area contributed by atoms with Gasteiger partial charge in [-0.3, -0.25) is 0 Å². The Labute approximate surface area is 106 Å². The highest BCUT2D eigenvalue weighted by atomic mass is 16.5. The van der Waals surface area contributed by atoms with Crippen molar-refractivity contribution in [2.75, 3.05) is 39.5 Å². The molecule has 0 aromatic rings. The summed E-state index contributed by atoms with van der Waals surface area (Å²) < 4.78 is 10.4. The van der Waals surface area contributed by atoms with Gasteiger partial charge in [-0.25, -0.2) is 0 Å². The van der Waals surface area contributed by atoms with Gasteiger partial charge in [0.25, 0.3) is 0 Å². The highest BCUT2D eigenvalue weighted by Crippen LogP contribution is 1.97. The van der Waals surface area contributed by atoms with Gasteiger partial charge in [-0.1, -0.05) is 26.2 Å². The summed E-state index contributed by atoms with van der Waals surface area (Å²) in [6.45, 7) is 8.01. The number of rotatable bonds is 13. The van der Waals surface area contributed by atoms with Crippen LogP contribution in [0.3, 0.4) is 0 Å². The van der Waals surface area contributed by atoms with Crippen molar-refractivity contribution in [2.45, 2.75) is 45.6 Å². The number of aliphatic hydroxyl groups excluding tert-OH is 1. The Kier molecular flexibility index (Phi) is 13.8. The molecule has 17 heavy (non-hydrogen) atoms. The molecule has 1 unspecified atom stereocenters. The van der Waals surface area contributed by atoms with Crippen LogP contribution in [0.15, 0.2) is 0 Å². The van der Waals surface area contributed by atoms with E-state index in [9.17, 15) is 5.11 Å². The molecule has 0 aromatic carbocycles. The SMILES string of the molecule is CCCCCCNCC(O)COCCOCC. The molecule has 0 spiro atoms. The summed E-state index contributed by atoms with van der Waals surface area (Å²) in [5.41, 5.74) is 0. The van der Waals surface area contributed by atoms with E-state index in [0.29, 0.717) is 33.0 Å². The molecule has 0 radical (unpaired) electrons. The Bertz CT molecular complexity index is 145. The molecular weight excluding hydrogens is 218 g/mol. The molecule has 0 aliphatic heterocycles. The van der Waals surface area contributed by atoms with Gasteiger partial charge in [0, 0.05) is 13.2 Å². The fourth-order valence-electron chi connectivity index (χ4n) is 1.49. The maximum Gasteiger partial charge on any atom is 0.0897 e. The van der Waals surface area contributed by atoms with E-state index in [-0.39, 0.29) is 0 Å². The third kappa shape index (κ3) is 13.8. The molecule has 0 aliphatic carbocycles. The minimum Gasteiger partial charge on any atom is -0.389 e. The summed E-state index contributed by atoms with van der Waals surface area (Å²) in [6.07, 6.45) is 4.60. The molecule has 1 atom stereocenters. The van der Waals surface area contributed by atoms with Crippen molar-refractivity contribution >= 4 is 0 Å². The Morgan fingerprint density at radius 3 is 2.53 bits per heavy atom. The molecule has 0 bridgehead atoms. The fraction of sp³-hybridized carbons (Fsp3) is 1.00. The summed E-state index contributed by atoms with van der Waals surface area (Å²) in [7, 11) is 0. The van der Waals surface area contributed by atoms with Crippen molar-refractivity contribution in [3.05, 3.63) is 0 Å². The van der Waals surface area contributed by atoms with Crippen LogP contribution in [0.4, 0.5) is 0 Å². The van der Waals surface area contributed by atoms with Crippen LogP contribution in [0, 0.1) is 0 Å². The van der Waals surface area contributed by atoms with Crippen molar-refractivity contribution < 1.29 is 14.6 Å². The van der Waals surface area contributed by atoms with Crippen LogP contribution in [0.2, 0.25) is 0 Å². The molecule has 4 nitrogen and oxygen atoms in total. The van der Waals surface area contributed by atoms with Gasteiger partial charge in [0.05, 0.1) is 25.9 Å². The number of aliphatic hydroxyl groups is 1. The van der Waals surface area contributed by atoms with Crippen molar-refractivity contribution in [2.24, 2.45) is 0 Å². The molecule has 4 heteroatoms. The van der Waals surface area contributed by atoms with Gasteiger partial charge in [0.2, 0.25) is 0 Å². The molecule has 2 N–H and O–H groups in total. The number of unbranched alkanes of at least 4 members (excludes halogenated alkanes) is 3. The topological polar surface area (TPSA) is 50.7 Å². The maximum atomic E-state index is 9.58. The highest BCUT2D eigenvalue weighted by Gasteiger charge is 2.02. The molecule has 0 saturated heterocycles. The summed E-state index contributed by atoms with van der Waals surface area (Å²) in [5.74, 6) is 0. The number of ether oxygens (including phenoxy) is 2. The first-order valence-corrected chi connectivity index (χ1v) is 6.85. The monoisotopic (exact) mass is 247 g/mol. The second kappa shape index (κ2) is 13.9. The van der Waals surface area contributed by atoms with Gasteiger partial charge in [-0.2, -0.15) is 0 Å². The van der Waals surface area contributed by atoms with Gasteiger partial charge >= 0.3 is 0 Å². The zero-order chi connectivity index (χ0) is 12.8. The van der Waals surface area contributed by atoms with Gasteiger partial charge in [0.1, 0.15) is 0 Å². The minimum absolute atomic E-state index is 0.384. The van der Waals surface area contributed by atoms with E-state index >= 15 is 0 Å². The summed E-state index contributed by atoms with van der Waals surface area (Å²) >= 11 is 0. The molecule has 0 fully saturated rings. The smallest absolute Gasteiger partial charge is 0.0897 e. The van der Waals surface area contributed by atoms with E-state index in [4.69, 9.17) is 9.47 Å². The molecule has 0 amide bonds. The van der Waals surface area contributed by atoms with Crippen LogP contribution in [0.5, 0.6) is 0 Å². The van der Waals surface area contributed by atoms with Crippen LogP contribution in [0.1, 0.15) is 39.5 Å². The predicted molar refractivity (Wildman–Crippen MR) is 70.3 cm³/mol. The molecule has 0 aromatic heterocycles. The van der Waals surface area contributed by atoms with E-state index in [0.717, 1.165) is 6.54 Å². The van der Waals surface area contributed by atoms with Crippen LogP contribution in [-0.2, 0) is 9.47 Å². The average Bonchev–Trinajstić information content (AvgIpc) is 2.33. The zero-order valence-corrected chi connectivity index (χ0v) is 11.4. The van der Waals surface area contributed by atoms with Crippen molar-refractivity contribution in [3.8, 4) is 0 Å². The van der Waals surface area contributed by atoms with Gasteiger partial charge < -0.3 is 19.9 Å².